The van der Waals surface area contributed by atoms with E-state index >= 15 is 0 Å². The molecule has 60 valence electrons. The van der Waals surface area contributed by atoms with E-state index in [0.717, 1.165) is 0 Å². The van der Waals surface area contributed by atoms with E-state index < -0.39 is 0 Å². The topological polar surface area (TPSA) is 29.5 Å². The molecule has 1 N–H and O–H groups in total. The van der Waals surface area contributed by atoms with Crippen LogP contribution in [0.1, 0.15) is 13.8 Å². The first-order chi connectivity index (χ1) is 4.70. The molecule has 0 aromatic rings. The monoisotopic (exact) mass is 144 g/mol. The van der Waals surface area contributed by atoms with E-state index in [1.165, 1.54) is 0 Å². The fourth-order valence-electron chi connectivity index (χ4n) is 0.486. The molecular formula is C8H16O2. The molecule has 2 atom stereocenters. The van der Waals surface area contributed by atoms with Gasteiger partial charge in [0.15, 0.2) is 0 Å². The molecule has 2 nitrogen and oxygen atoms in total. The molecule has 0 aromatic carbocycles. The lowest BCUT2D eigenvalue weighted by Crippen LogP contribution is -2.02. The van der Waals surface area contributed by atoms with Gasteiger partial charge in [-0.15, -0.1) is 0 Å². The maximum Gasteiger partial charge on any atom is 0.0723 e. The van der Waals surface area contributed by atoms with Crippen LogP contribution < -0.4 is 0 Å². The number of aliphatic hydroxyl groups excluding tert-OH is 1. The SMILES string of the molecule is COC(C)C=CC(C)CO. The summed E-state index contributed by atoms with van der Waals surface area (Å²) in [5.41, 5.74) is 0. The summed E-state index contributed by atoms with van der Waals surface area (Å²) in [5.74, 6) is 0.234. The molecule has 0 bridgehead atoms. The lowest BCUT2D eigenvalue weighted by Gasteiger charge is -2.03. The van der Waals surface area contributed by atoms with Crippen molar-refractivity contribution in [2.45, 2.75) is 20.0 Å². The first kappa shape index (κ1) is 9.66. The van der Waals surface area contributed by atoms with Gasteiger partial charge in [0.25, 0.3) is 0 Å². The van der Waals surface area contributed by atoms with Crippen molar-refractivity contribution < 1.29 is 9.84 Å². The van der Waals surface area contributed by atoms with E-state index in [9.17, 15) is 0 Å². The molecule has 0 aliphatic heterocycles. The van der Waals surface area contributed by atoms with Gasteiger partial charge < -0.3 is 9.84 Å². The molecule has 0 radical (unpaired) electrons. The number of methoxy groups -OCH3 is 1. The molecule has 0 saturated heterocycles. The summed E-state index contributed by atoms with van der Waals surface area (Å²) >= 11 is 0. The summed E-state index contributed by atoms with van der Waals surface area (Å²) in [6, 6.07) is 0. The van der Waals surface area contributed by atoms with E-state index in [1.807, 2.05) is 26.0 Å². The first-order valence-electron chi connectivity index (χ1n) is 3.52. The largest absolute Gasteiger partial charge is 0.396 e. The smallest absolute Gasteiger partial charge is 0.0723 e. The van der Waals surface area contributed by atoms with Gasteiger partial charge in [0, 0.05) is 13.7 Å². The van der Waals surface area contributed by atoms with Crippen molar-refractivity contribution >= 4 is 0 Å². The summed E-state index contributed by atoms with van der Waals surface area (Å²) in [6.07, 6.45) is 4.05. The van der Waals surface area contributed by atoms with Gasteiger partial charge in [0.2, 0.25) is 0 Å². The second kappa shape index (κ2) is 5.45. The Bertz CT molecular complexity index is 87.4. The molecule has 0 aliphatic carbocycles. The van der Waals surface area contributed by atoms with E-state index in [1.54, 1.807) is 7.11 Å². The average molecular weight is 144 g/mol. The number of aliphatic hydroxyl groups is 1. The summed E-state index contributed by atoms with van der Waals surface area (Å²) < 4.78 is 4.98. The Labute approximate surface area is 62.5 Å². The van der Waals surface area contributed by atoms with Crippen LogP contribution in [-0.2, 0) is 4.74 Å². The van der Waals surface area contributed by atoms with Crippen LogP contribution in [0.5, 0.6) is 0 Å². The third-order valence-electron chi connectivity index (χ3n) is 1.37. The number of hydrogen-bond donors (Lipinski definition) is 1. The van der Waals surface area contributed by atoms with Gasteiger partial charge in [0.05, 0.1) is 6.10 Å². The Balaban J connectivity index is 3.52. The van der Waals surface area contributed by atoms with Crippen LogP contribution in [0.15, 0.2) is 12.2 Å². The summed E-state index contributed by atoms with van der Waals surface area (Å²) in [6.45, 7) is 4.12. The third kappa shape index (κ3) is 4.53. The predicted octanol–water partition coefficient (Wildman–Crippen LogP) is 1.21. The predicted molar refractivity (Wildman–Crippen MR) is 41.9 cm³/mol. The van der Waals surface area contributed by atoms with E-state index in [2.05, 4.69) is 0 Å². The van der Waals surface area contributed by atoms with Gasteiger partial charge in [-0.3, -0.25) is 0 Å². The quantitative estimate of drug-likeness (QED) is 0.601. The Morgan fingerprint density at radius 3 is 2.40 bits per heavy atom. The molecule has 0 spiro atoms. The highest BCUT2D eigenvalue weighted by molar-refractivity contribution is 4.90. The minimum absolute atomic E-state index is 0.147. The molecular weight excluding hydrogens is 128 g/mol. The van der Waals surface area contributed by atoms with Crippen LogP contribution in [0.3, 0.4) is 0 Å². The number of hydrogen-bond acceptors (Lipinski definition) is 2. The summed E-state index contributed by atoms with van der Waals surface area (Å²) in [5, 5.41) is 8.63. The Morgan fingerprint density at radius 1 is 1.40 bits per heavy atom. The maximum atomic E-state index is 8.63. The van der Waals surface area contributed by atoms with Gasteiger partial charge in [-0.25, -0.2) is 0 Å². The van der Waals surface area contributed by atoms with Crippen LogP contribution >= 0.6 is 0 Å². The zero-order valence-corrected chi connectivity index (χ0v) is 6.87. The normalized spacial score (nSPS) is 17.6. The van der Waals surface area contributed by atoms with Crippen molar-refractivity contribution in [2.75, 3.05) is 13.7 Å². The molecule has 0 fully saturated rings. The van der Waals surface area contributed by atoms with Crippen LogP contribution in [-0.4, -0.2) is 24.9 Å². The van der Waals surface area contributed by atoms with E-state index in [-0.39, 0.29) is 18.6 Å². The molecule has 0 rings (SSSR count). The third-order valence-corrected chi connectivity index (χ3v) is 1.37. The Morgan fingerprint density at radius 2 is 2.00 bits per heavy atom. The zero-order chi connectivity index (χ0) is 7.98. The lowest BCUT2D eigenvalue weighted by molar-refractivity contribution is 0.155. The van der Waals surface area contributed by atoms with Crippen molar-refractivity contribution in [3.8, 4) is 0 Å². The van der Waals surface area contributed by atoms with Gasteiger partial charge in [0.1, 0.15) is 0 Å². The second-order valence-corrected chi connectivity index (χ2v) is 2.49. The fraction of sp³-hybridized carbons (Fsp3) is 0.750. The summed E-state index contributed by atoms with van der Waals surface area (Å²) in [7, 11) is 1.67. The lowest BCUT2D eigenvalue weighted by atomic mass is 10.1. The minimum atomic E-state index is 0.147. The standard InChI is InChI=1S/C8H16O2/c1-7(6-9)4-5-8(2)10-3/h4-5,7-9H,6H2,1-3H3. The van der Waals surface area contributed by atoms with E-state index in [4.69, 9.17) is 9.84 Å². The fourth-order valence-corrected chi connectivity index (χ4v) is 0.486. The minimum Gasteiger partial charge on any atom is -0.396 e. The van der Waals surface area contributed by atoms with Gasteiger partial charge in [-0.05, 0) is 12.8 Å². The van der Waals surface area contributed by atoms with Crippen LogP contribution in [0.2, 0.25) is 0 Å². The van der Waals surface area contributed by atoms with Crippen molar-refractivity contribution in [1.82, 2.24) is 0 Å². The average Bonchev–Trinajstić information content (AvgIpc) is 1.99. The van der Waals surface area contributed by atoms with Crippen LogP contribution in [0, 0.1) is 5.92 Å². The Kier molecular flexibility index (Phi) is 5.26. The molecule has 0 aromatic heterocycles. The van der Waals surface area contributed by atoms with Gasteiger partial charge in [-0.1, -0.05) is 19.1 Å². The number of ether oxygens (including phenoxy) is 1. The molecule has 10 heavy (non-hydrogen) atoms. The van der Waals surface area contributed by atoms with E-state index in [0.29, 0.717) is 0 Å². The highest BCUT2D eigenvalue weighted by atomic mass is 16.5. The van der Waals surface area contributed by atoms with Crippen molar-refractivity contribution in [3.63, 3.8) is 0 Å². The molecule has 0 heterocycles. The van der Waals surface area contributed by atoms with Crippen molar-refractivity contribution in [1.29, 1.82) is 0 Å². The van der Waals surface area contributed by atoms with Gasteiger partial charge in [-0.2, -0.15) is 0 Å². The highest BCUT2D eigenvalue weighted by Gasteiger charge is 1.94. The Hall–Kier alpha value is -0.340. The molecule has 2 unspecified atom stereocenters. The summed E-state index contributed by atoms with van der Waals surface area (Å²) in [4.78, 5) is 0. The first-order valence-corrected chi connectivity index (χ1v) is 3.52. The van der Waals surface area contributed by atoms with Crippen LogP contribution in [0.25, 0.3) is 0 Å². The highest BCUT2D eigenvalue weighted by Crippen LogP contribution is 1.97. The van der Waals surface area contributed by atoms with Crippen LogP contribution in [0.4, 0.5) is 0 Å². The number of rotatable bonds is 4. The van der Waals surface area contributed by atoms with Crippen molar-refractivity contribution in [2.24, 2.45) is 5.92 Å². The molecule has 0 aliphatic rings. The zero-order valence-electron chi connectivity index (χ0n) is 6.87. The second-order valence-electron chi connectivity index (χ2n) is 2.49. The van der Waals surface area contributed by atoms with Crippen molar-refractivity contribution in [3.05, 3.63) is 12.2 Å². The molecule has 0 amide bonds. The van der Waals surface area contributed by atoms with Gasteiger partial charge >= 0.3 is 0 Å². The maximum absolute atomic E-state index is 8.63. The molecule has 2 heteroatoms. The molecule has 0 saturated carbocycles.